The lowest BCUT2D eigenvalue weighted by Gasteiger charge is -2.11. The molecule has 0 saturated carbocycles. The van der Waals surface area contributed by atoms with Crippen LogP contribution in [0.5, 0.6) is 11.5 Å². The lowest BCUT2D eigenvalue weighted by Crippen LogP contribution is -2.21. The molecule has 0 aliphatic rings. The molecular weight excluding hydrogens is 488 g/mol. The molecular formula is C25H21ClN4O4S. The lowest BCUT2D eigenvalue weighted by molar-refractivity contribution is 0.0536. The zero-order chi connectivity index (χ0) is 24.2. The van der Waals surface area contributed by atoms with E-state index in [2.05, 4.69) is 20.3 Å². The number of hydrogen-bond acceptors (Lipinski definition) is 9. The van der Waals surface area contributed by atoms with E-state index in [-0.39, 0.29) is 13.2 Å². The Bertz CT molecular complexity index is 1460. The third-order valence-electron chi connectivity index (χ3n) is 5.19. The van der Waals surface area contributed by atoms with Crippen molar-refractivity contribution in [3.8, 4) is 11.5 Å². The monoisotopic (exact) mass is 508 g/mol. The highest BCUT2D eigenvalue weighted by Gasteiger charge is 2.14. The standard InChI is InChI=1S/C25H21ClN4O4S/c26-20-9-15(4-7-21(20)34-12-16-3-1-2-8-27-16)30-24-23-19-6-5-18(33-13-17(32)11-31)10-22(19)35-25(23)29-14-28-24/h1-10,14,17,31-32H,11-13H2,(H,28,29,30)/t17-/m1/s1. The van der Waals surface area contributed by atoms with E-state index >= 15 is 0 Å². The summed E-state index contributed by atoms with van der Waals surface area (Å²) in [7, 11) is 0. The van der Waals surface area contributed by atoms with Gasteiger partial charge in [0.05, 0.1) is 22.7 Å². The van der Waals surface area contributed by atoms with E-state index in [1.807, 2.05) is 48.5 Å². The summed E-state index contributed by atoms with van der Waals surface area (Å²) in [5.41, 5.74) is 1.58. The first-order valence-corrected chi connectivity index (χ1v) is 12.0. The van der Waals surface area contributed by atoms with Gasteiger partial charge in [-0.2, -0.15) is 0 Å². The number of hydrogen-bond donors (Lipinski definition) is 3. The van der Waals surface area contributed by atoms with Gasteiger partial charge in [-0.25, -0.2) is 9.97 Å². The minimum atomic E-state index is -0.923. The number of nitrogens with one attached hydrogen (secondary N) is 1. The number of pyridine rings is 1. The topological polar surface area (TPSA) is 110 Å². The number of halogens is 1. The molecule has 1 atom stereocenters. The van der Waals surface area contributed by atoms with Gasteiger partial charge in [0.25, 0.3) is 0 Å². The zero-order valence-electron chi connectivity index (χ0n) is 18.4. The first-order valence-electron chi connectivity index (χ1n) is 10.8. The van der Waals surface area contributed by atoms with Gasteiger partial charge in [-0.1, -0.05) is 17.7 Å². The lowest BCUT2D eigenvalue weighted by atomic mass is 10.2. The molecule has 35 heavy (non-hydrogen) atoms. The number of aliphatic hydroxyl groups excluding tert-OH is 2. The van der Waals surface area contributed by atoms with Gasteiger partial charge in [0.1, 0.15) is 47.8 Å². The summed E-state index contributed by atoms with van der Waals surface area (Å²) < 4.78 is 12.4. The van der Waals surface area contributed by atoms with E-state index in [0.717, 1.165) is 31.7 Å². The summed E-state index contributed by atoms with van der Waals surface area (Å²) in [6.07, 6.45) is 2.31. The number of rotatable bonds is 9. The van der Waals surface area contributed by atoms with E-state index in [4.69, 9.17) is 26.2 Å². The quantitative estimate of drug-likeness (QED) is 0.256. The molecule has 0 saturated heterocycles. The van der Waals surface area contributed by atoms with Crippen LogP contribution < -0.4 is 14.8 Å². The predicted molar refractivity (Wildman–Crippen MR) is 137 cm³/mol. The molecule has 8 nitrogen and oxygen atoms in total. The van der Waals surface area contributed by atoms with Gasteiger partial charge in [0.2, 0.25) is 0 Å². The van der Waals surface area contributed by atoms with E-state index < -0.39 is 6.10 Å². The molecule has 0 aliphatic carbocycles. The highest BCUT2D eigenvalue weighted by atomic mass is 35.5. The molecule has 0 amide bonds. The molecule has 0 bridgehead atoms. The van der Waals surface area contributed by atoms with Crippen molar-refractivity contribution >= 4 is 54.7 Å². The molecule has 3 N–H and O–H groups in total. The summed E-state index contributed by atoms with van der Waals surface area (Å²) in [4.78, 5) is 14.0. The number of nitrogens with zero attached hydrogens (tertiary/aromatic N) is 3. The van der Waals surface area contributed by atoms with Gasteiger partial charge in [0, 0.05) is 22.0 Å². The van der Waals surface area contributed by atoms with Crippen LogP contribution in [-0.4, -0.2) is 44.5 Å². The number of fused-ring (bicyclic) bond motifs is 3. The summed E-state index contributed by atoms with van der Waals surface area (Å²) in [5.74, 6) is 1.83. The third kappa shape index (κ3) is 5.28. The van der Waals surface area contributed by atoms with Gasteiger partial charge in [0.15, 0.2) is 0 Å². The van der Waals surface area contributed by atoms with Crippen LogP contribution in [0.25, 0.3) is 20.3 Å². The fourth-order valence-corrected chi connectivity index (χ4v) is 4.79. The largest absolute Gasteiger partial charge is 0.491 e. The normalized spacial score (nSPS) is 12.1. The van der Waals surface area contributed by atoms with Gasteiger partial charge in [-0.05, 0) is 48.5 Å². The number of aromatic nitrogens is 3. The third-order valence-corrected chi connectivity index (χ3v) is 6.55. The van der Waals surface area contributed by atoms with Crippen LogP contribution in [0.3, 0.4) is 0 Å². The average Bonchev–Trinajstić information content (AvgIpc) is 3.26. The number of aliphatic hydroxyl groups is 2. The van der Waals surface area contributed by atoms with Crippen molar-refractivity contribution in [3.63, 3.8) is 0 Å². The Hall–Kier alpha value is -3.50. The van der Waals surface area contributed by atoms with Crippen molar-refractivity contribution in [1.82, 2.24) is 15.0 Å². The van der Waals surface area contributed by atoms with Crippen LogP contribution in [0.15, 0.2) is 67.1 Å². The SMILES string of the molecule is OC[C@@H](O)COc1ccc2c(c1)sc1ncnc(Nc3ccc(OCc4ccccn4)c(Cl)c3)c12. The first kappa shape index (κ1) is 23.3. The Morgan fingerprint density at radius 2 is 1.94 bits per heavy atom. The van der Waals surface area contributed by atoms with E-state index in [1.54, 1.807) is 12.3 Å². The van der Waals surface area contributed by atoms with E-state index in [9.17, 15) is 5.11 Å². The highest BCUT2D eigenvalue weighted by molar-refractivity contribution is 7.25. The van der Waals surface area contributed by atoms with Gasteiger partial charge in [-0.3, -0.25) is 4.98 Å². The summed E-state index contributed by atoms with van der Waals surface area (Å²) in [5, 5.41) is 24.2. The Kier molecular flexibility index (Phi) is 6.91. The number of benzene rings is 2. The first-order chi connectivity index (χ1) is 17.1. The predicted octanol–water partition coefficient (Wildman–Crippen LogP) is 4.95. The second-order valence-corrected chi connectivity index (χ2v) is 9.13. The minimum absolute atomic E-state index is 0.0157. The molecule has 0 unspecified atom stereocenters. The molecule has 0 aliphatic heterocycles. The second-order valence-electron chi connectivity index (χ2n) is 7.69. The van der Waals surface area contributed by atoms with Crippen LogP contribution in [0, 0.1) is 0 Å². The summed E-state index contributed by atoms with van der Waals surface area (Å²) in [6, 6.07) is 16.8. The molecule has 178 valence electrons. The maximum Gasteiger partial charge on any atom is 0.143 e. The van der Waals surface area contributed by atoms with Gasteiger partial charge in [-0.15, -0.1) is 11.3 Å². The molecule has 5 aromatic rings. The van der Waals surface area contributed by atoms with Gasteiger partial charge >= 0.3 is 0 Å². The Labute approximate surface area is 209 Å². The van der Waals surface area contributed by atoms with Crippen molar-refractivity contribution < 1.29 is 19.7 Å². The molecule has 5 rings (SSSR count). The van der Waals surface area contributed by atoms with Gasteiger partial charge < -0.3 is 25.0 Å². The molecule has 10 heteroatoms. The van der Waals surface area contributed by atoms with Crippen molar-refractivity contribution in [3.05, 3.63) is 77.8 Å². The molecule has 0 fully saturated rings. The van der Waals surface area contributed by atoms with E-state index in [1.165, 1.54) is 17.7 Å². The number of thiophene rings is 1. The van der Waals surface area contributed by atoms with Crippen LogP contribution in [0.2, 0.25) is 5.02 Å². The second kappa shape index (κ2) is 10.4. The van der Waals surface area contributed by atoms with Crippen LogP contribution in [-0.2, 0) is 6.61 Å². The van der Waals surface area contributed by atoms with Crippen LogP contribution in [0.4, 0.5) is 11.5 Å². The molecule has 0 spiro atoms. The average molecular weight is 509 g/mol. The fraction of sp³-hybridized carbons (Fsp3) is 0.160. The Balaban J connectivity index is 1.37. The minimum Gasteiger partial charge on any atom is -0.491 e. The zero-order valence-corrected chi connectivity index (χ0v) is 20.0. The van der Waals surface area contributed by atoms with E-state index in [0.29, 0.717) is 28.9 Å². The van der Waals surface area contributed by atoms with Crippen molar-refractivity contribution in [2.75, 3.05) is 18.5 Å². The maximum absolute atomic E-state index is 9.52. The molecule has 2 aromatic carbocycles. The summed E-state index contributed by atoms with van der Waals surface area (Å²) >= 11 is 7.99. The molecule has 3 heterocycles. The van der Waals surface area contributed by atoms with Crippen LogP contribution in [0.1, 0.15) is 5.69 Å². The Morgan fingerprint density at radius 3 is 2.74 bits per heavy atom. The van der Waals surface area contributed by atoms with Crippen LogP contribution >= 0.6 is 22.9 Å². The number of ether oxygens (including phenoxy) is 2. The number of anilines is 2. The fourth-order valence-electron chi connectivity index (χ4n) is 3.48. The van der Waals surface area contributed by atoms with Crippen molar-refractivity contribution in [1.29, 1.82) is 0 Å². The van der Waals surface area contributed by atoms with Crippen molar-refractivity contribution in [2.45, 2.75) is 12.7 Å². The Morgan fingerprint density at radius 1 is 1.03 bits per heavy atom. The highest BCUT2D eigenvalue weighted by Crippen LogP contribution is 2.39. The maximum atomic E-state index is 9.52. The molecule has 3 aromatic heterocycles. The smallest absolute Gasteiger partial charge is 0.143 e. The summed E-state index contributed by atoms with van der Waals surface area (Å²) in [6.45, 7) is -0.00955. The van der Waals surface area contributed by atoms with Crippen molar-refractivity contribution in [2.24, 2.45) is 0 Å². The molecule has 0 radical (unpaired) electrons.